The quantitative estimate of drug-likeness (QED) is 0.857. The highest BCUT2D eigenvalue weighted by Gasteiger charge is 2.27. The number of carbonyl (C=O) groups is 1. The summed E-state index contributed by atoms with van der Waals surface area (Å²) >= 11 is 3.35. The lowest BCUT2D eigenvalue weighted by atomic mass is 9.96. The summed E-state index contributed by atoms with van der Waals surface area (Å²) in [6.07, 6.45) is 1.95. The predicted octanol–water partition coefficient (Wildman–Crippen LogP) is 3.05. The molecule has 1 aliphatic heterocycles. The molecule has 1 atom stereocenters. The summed E-state index contributed by atoms with van der Waals surface area (Å²) in [5.41, 5.74) is 2.12. The van der Waals surface area contributed by atoms with E-state index in [9.17, 15) is 4.79 Å². The molecule has 2 aromatic rings. The normalized spacial score (nSPS) is 18.4. The summed E-state index contributed by atoms with van der Waals surface area (Å²) in [6.45, 7) is 3.51. The van der Waals surface area contributed by atoms with E-state index < -0.39 is 0 Å². The van der Waals surface area contributed by atoms with E-state index in [1.54, 1.807) is 0 Å². The molecule has 0 aliphatic carbocycles. The van der Waals surface area contributed by atoms with Gasteiger partial charge in [-0.1, -0.05) is 28.1 Å². The number of nitrogens with zero attached hydrogens (tertiary/aromatic N) is 2. The van der Waals surface area contributed by atoms with E-state index in [4.69, 9.17) is 0 Å². The van der Waals surface area contributed by atoms with Gasteiger partial charge in [-0.2, -0.15) is 0 Å². The molecule has 1 aliphatic rings. The Kier molecular flexibility index (Phi) is 3.78. The molecule has 1 saturated heterocycles. The molecule has 1 fully saturated rings. The fourth-order valence-electron chi connectivity index (χ4n) is 2.79. The van der Waals surface area contributed by atoms with Gasteiger partial charge >= 0.3 is 0 Å². The molecule has 1 N–H and O–H groups in total. The fourth-order valence-corrected chi connectivity index (χ4v) is 3.08. The van der Waals surface area contributed by atoms with Crippen molar-refractivity contribution < 1.29 is 4.79 Å². The van der Waals surface area contributed by atoms with Crippen LogP contribution in [0.3, 0.4) is 0 Å². The van der Waals surface area contributed by atoms with Crippen LogP contribution in [0.2, 0.25) is 0 Å². The van der Waals surface area contributed by atoms with Crippen LogP contribution in [0.5, 0.6) is 0 Å². The van der Waals surface area contributed by atoms with Gasteiger partial charge in [0, 0.05) is 19.0 Å². The molecule has 1 aromatic carbocycles. The molecule has 106 valence electrons. The second-order valence-electron chi connectivity index (χ2n) is 5.35. The smallest absolute Gasteiger partial charge is 0.236 e. The molecule has 5 heteroatoms. The maximum atomic E-state index is 11.9. The van der Waals surface area contributed by atoms with Crippen LogP contribution in [0.4, 0.5) is 0 Å². The van der Waals surface area contributed by atoms with Gasteiger partial charge in [0.15, 0.2) is 0 Å². The zero-order valence-electron chi connectivity index (χ0n) is 11.5. The van der Waals surface area contributed by atoms with Gasteiger partial charge in [0.25, 0.3) is 0 Å². The Hall–Kier alpha value is -1.36. The lowest BCUT2D eigenvalue weighted by Crippen LogP contribution is -2.41. The number of para-hydroxylation sites is 2. The van der Waals surface area contributed by atoms with E-state index in [2.05, 4.69) is 32.0 Å². The van der Waals surface area contributed by atoms with Crippen LogP contribution in [0, 0.1) is 0 Å². The number of amides is 1. The lowest BCUT2D eigenvalue weighted by Gasteiger charge is -2.31. The summed E-state index contributed by atoms with van der Waals surface area (Å²) in [5, 5.41) is 0. The Morgan fingerprint density at radius 3 is 2.75 bits per heavy atom. The van der Waals surface area contributed by atoms with Gasteiger partial charge in [-0.3, -0.25) is 4.79 Å². The molecule has 0 saturated carbocycles. The number of fused-ring (bicyclic) bond motifs is 1. The average molecular weight is 336 g/mol. The monoisotopic (exact) mass is 335 g/mol. The maximum absolute atomic E-state index is 11.9. The molecule has 4 nitrogen and oxygen atoms in total. The maximum Gasteiger partial charge on any atom is 0.236 e. The van der Waals surface area contributed by atoms with Crippen LogP contribution in [0.1, 0.15) is 31.5 Å². The molecule has 2 heterocycles. The third-order valence-corrected chi connectivity index (χ3v) is 4.33. The Labute approximate surface area is 126 Å². The van der Waals surface area contributed by atoms with Crippen LogP contribution in [0.15, 0.2) is 24.3 Å². The molecule has 20 heavy (non-hydrogen) atoms. The molecular weight excluding hydrogens is 318 g/mol. The van der Waals surface area contributed by atoms with Gasteiger partial charge in [0.05, 0.1) is 15.9 Å². The van der Waals surface area contributed by atoms with Crippen LogP contribution in [-0.2, 0) is 4.79 Å². The minimum absolute atomic E-state index is 0.0924. The first kappa shape index (κ1) is 13.6. The van der Waals surface area contributed by atoms with Gasteiger partial charge in [-0.25, -0.2) is 4.98 Å². The van der Waals surface area contributed by atoms with Gasteiger partial charge in [0.1, 0.15) is 5.82 Å². The van der Waals surface area contributed by atoms with Crippen molar-refractivity contribution in [1.82, 2.24) is 14.9 Å². The summed E-state index contributed by atoms with van der Waals surface area (Å²) in [7, 11) is 0. The Bertz CT molecular complexity index is 581. The van der Waals surface area contributed by atoms with E-state index in [-0.39, 0.29) is 10.7 Å². The first-order valence-corrected chi connectivity index (χ1v) is 7.94. The molecule has 1 amide bonds. The van der Waals surface area contributed by atoms with Crippen LogP contribution >= 0.6 is 15.9 Å². The molecule has 1 aromatic heterocycles. The van der Waals surface area contributed by atoms with E-state index in [0.717, 1.165) is 42.8 Å². The summed E-state index contributed by atoms with van der Waals surface area (Å²) < 4.78 is 0. The van der Waals surface area contributed by atoms with Crippen molar-refractivity contribution in [3.05, 3.63) is 30.1 Å². The van der Waals surface area contributed by atoms with Gasteiger partial charge < -0.3 is 9.88 Å². The molecular formula is C15H18BrN3O. The van der Waals surface area contributed by atoms with Crippen LogP contribution in [0.25, 0.3) is 11.0 Å². The number of alkyl halides is 1. The fraction of sp³-hybridized carbons (Fsp3) is 0.467. The standard InChI is InChI=1S/C15H18BrN3O/c1-10(16)15(20)19-8-6-11(7-9-19)14-17-12-4-2-3-5-13(12)18-14/h2-5,10-11H,6-9H2,1H3,(H,17,18). The molecule has 0 bridgehead atoms. The number of hydrogen-bond donors (Lipinski definition) is 1. The number of halogens is 1. The first-order chi connectivity index (χ1) is 9.65. The van der Waals surface area contributed by atoms with E-state index >= 15 is 0 Å². The second-order valence-corrected chi connectivity index (χ2v) is 6.73. The highest BCUT2D eigenvalue weighted by atomic mass is 79.9. The number of imidazole rings is 1. The SMILES string of the molecule is CC(Br)C(=O)N1CCC(c2nc3ccccc3[nH]2)CC1. The van der Waals surface area contributed by atoms with Crippen molar-refractivity contribution in [3.63, 3.8) is 0 Å². The number of H-pyrrole nitrogens is 1. The largest absolute Gasteiger partial charge is 0.342 e. The van der Waals surface area contributed by atoms with Crippen LogP contribution in [-0.4, -0.2) is 38.7 Å². The number of piperidine rings is 1. The first-order valence-electron chi connectivity index (χ1n) is 7.02. The van der Waals surface area contributed by atoms with Gasteiger partial charge in [0.2, 0.25) is 5.91 Å². The topological polar surface area (TPSA) is 49.0 Å². The van der Waals surface area contributed by atoms with Crippen molar-refractivity contribution in [3.8, 4) is 0 Å². The lowest BCUT2D eigenvalue weighted by molar-refractivity contribution is -0.131. The number of hydrogen-bond acceptors (Lipinski definition) is 2. The number of carbonyl (C=O) groups excluding carboxylic acids is 1. The predicted molar refractivity (Wildman–Crippen MR) is 83.0 cm³/mol. The van der Waals surface area contributed by atoms with Gasteiger partial charge in [-0.15, -0.1) is 0 Å². The molecule has 0 spiro atoms. The minimum Gasteiger partial charge on any atom is -0.342 e. The zero-order valence-corrected chi connectivity index (χ0v) is 13.1. The summed E-state index contributed by atoms with van der Waals surface area (Å²) in [6, 6.07) is 8.10. The van der Waals surface area contributed by atoms with Crippen molar-refractivity contribution in [2.24, 2.45) is 0 Å². The Morgan fingerprint density at radius 1 is 1.40 bits per heavy atom. The summed E-state index contributed by atoms with van der Waals surface area (Å²) in [5.74, 6) is 1.68. The second kappa shape index (κ2) is 5.56. The highest BCUT2D eigenvalue weighted by Crippen LogP contribution is 2.28. The highest BCUT2D eigenvalue weighted by molar-refractivity contribution is 9.10. The van der Waals surface area contributed by atoms with Crippen molar-refractivity contribution in [2.45, 2.75) is 30.5 Å². The summed E-state index contributed by atoms with van der Waals surface area (Å²) in [4.78, 5) is 21.9. The number of aromatic nitrogens is 2. The van der Waals surface area contributed by atoms with Gasteiger partial charge in [-0.05, 0) is 31.9 Å². The zero-order chi connectivity index (χ0) is 14.1. The van der Waals surface area contributed by atoms with E-state index in [1.807, 2.05) is 30.0 Å². The number of nitrogens with one attached hydrogen (secondary N) is 1. The molecule has 0 radical (unpaired) electrons. The van der Waals surface area contributed by atoms with Crippen molar-refractivity contribution in [1.29, 1.82) is 0 Å². The third-order valence-electron chi connectivity index (χ3n) is 3.94. The average Bonchev–Trinajstić information content (AvgIpc) is 2.90. The van der Waals surface area contributed by atoms with Crippen LogP contribution < -0.4 is 0 Å². The van der Waals surface area contributed by atoms with E-state index in [1.165, 1.54) is 0 Å². The molecule has 1 unspecified atom stereocenters. The number of benzene rings is 1. The number of rotatable bonds is 2. The van der Waals surface area contributed by atoms with Crippen molar-refractivity contribution in [2.75, 3.05) is 13.1 Å². The van der Waals surface area contributed by atoms with Crippen molar-refractivity contribution >= 4 is 32.9 Å². The third kappa shape index (κ3) is 2.59. The Morgan fingerprint density at radius 2 is 2.10 bits per heavy atom. The Balaban J connectivity index is 1.70. The van der Waals surface area contributed by atoms with E-state index in [0.29, 0.717) is 5.92 Å². The number of likely N-dealkylation sites (tertiary alicyclic amines) is 1. The number of aromatic amines is 1. The minimum atomic E-state index is -0.0924. The molecule has 3 rings (SSSR count).